The van der Waals surface area contributed by atoms with E-state index in [1.54, 1.807) is 20.8 Å². The summed E-state index contributed by atoms with van der Waals surface area (Å²) < 4.78 is 33.2. The molecule has 184 valence electrons. The molecule has 1 N–H and O–H groups in total. The number of sulfonamides is 1. The van der Waals surface area contributed by atoms with Gasteiger partial charge in [0.25, 0.3) is 5.69 Å². The van der Waals surface area contributed by atoms with Gasteiger partial charge in [0.15, 0.2) is 10.7 Å². The molecule has 0 amide bonds. The van der Waals surface area contributed by atoms with Crippen LogP contribution in [0.4, 0.5) is 5.69 Å². The Kier molecular flexibility index (Phi) is 8.68. The second-order valence-corrected chi connectivity index (χ2v) is 10.8. The summed E-state index contributed by atoms with van der Waals surface area (Å²) in [5.74, 6) is -1.92. The van der Waals surface area contributed by atoms with Gasteiger partial charge in [-0.3, -0.25) is 19.7 Å². The molecule has 0 unspecified atom stereocenters. The van der Waals surface area contributed by atoms with E-state index in [1.165, 1.54) is 19.1 Å². The number of hydrogen-bond donors (Lipinski definition) is 1. The van der Waals surface area contributed by atoms with Crippen LogP contribution < -0.4 is 4.72 Å². The van der Waals surface area contributed by atoms with E-state index in [1.807, 2.05) is 31.2 Å². The predicted octanol–water partition coefficient (Wildman–Crippen LogP) is 3.73. The van der Waals surface area contributed by atoms with Crippen molar-refractivity contribution in [3.8, 4) is 0 Å². The van der Waals surface area contributed by atoms with E-state index in [0.717, 1.165) is 23.3 Å². The van der Waals surface area contributed by atoms with Crippen molar-refractivity contribution in [1.82, 2.24) is 4.72 Å². The highest BCUT2D eigenvalue weighted by Gasteiger charge is 2.32. The zero-order chi connectivity index (χ0) is 25.7. The largest absolute Gasteiger partial charge is 0.460 e. The van der Waals surface area contributed by atoms with Gasteiger partial charge in [-0.25, -0.2) is 13.1 Å². The summed E-state index contributed by atoms with van der Waals surface area (Å²) in [7, 11) is -4.36. The molecule has 0 bridgehead atoms. The van der Waals surface area contributed by atoms with Gasteiger partial charge in [-0.2, -0.15) is 0 Å². The molecule has 0 fully saturated rings. The van der Waals surface area contributed by atoms with Gasteiger partial charge in [0.05, 0.1) is 16.9 Å². The zero-order valence-electron chi connectivity index (χ0n) is 19.9. The van der Waals surface area contributed by atoms with Crippen LogP contribution in [0.25, 0.3) is 0 Å². The van der Waals surface area contributed by atoms with E-state index in [-0.39, 0.29) is 12.8 Å². The van der Waals surface area contributed by atoms with Gasteiger partial charge in [0, 0.05) is 12.5 Å². The molecule has 0 saturated carbocycles. The second kappa shape index (κ2) is 10.9. The number of Topliss-reactive ketones (excluding diaryl/α,β-unsaturated/α-hetero) is 1. The van der Waals surface area contributed by atoms with Crippen molar-refractivity contribution in [2.75, 3.05) is 0 Å². The van der Waals surface area contributed by atoms with Crippen LogP contribution in [0.1, 0.15) is 45.2 Å². The van der Waals surface area contributed by atoms with E-state index in [0.29, 0.717) is 0 Å². The van der Waals surface area contributed by atoms with Gasteiger partial charge in [0.1, 0.15) is 5.60 Å². The van der Waals surface area contributed by atoms with Gasteiger partial charge in [-0.05, 0) is 52.7 Å². The van der Waals surface area contributed by atoms with E-state index in [9.17, 15) is 28.1 Å². The monoisotopic (exact) mass is 490 g/mol. The number of nitro groups is 1. The minimum absolute atomic E-state index is 0.241. The first-order valence-corrected chi connectivity index (χ1v) is 12.2. The van der Waals surface area contributed by atoms with E-state index < -0.39 is 54.8 Å². The summed E-state index contributed by atoms with van der Waals surface area (Å²) in [6.07, 6.45) is -0.0199. The van der Waals surface area contributed by atoms with Crippen LogP contribution in [0.5, 0.6) is 0 Å². The van der Waals surface area contributed by atoms with Crippen molar-refractivity contribution in [2.24, 2.45) is 5.92 Å². The molecule has 0 aliphatic carbocycles. The number of esters is 1. The molecule has 0 spiro atoms. The van der Waals surface area contributed by atoms with Crippen molar-refractivity contribution in [3.05, 3.63) is 69.8 Å². The Labute approximate surface area is 199 Å². The number of benzene rings is 2. The van der Waals surface area contributed by atoms with Crippen molar-refractivity contribution in [3.63, 3.8) is 0 Å². The number of aryl methyl sites for hydroxylation is 1. The average Bonchev–Trinajstić information content (AvgIpc) is 2.73. The molecule has 0 aromatic heterocycles. The highest BCUT2D eigenvalue weighted by atomic mass is 32.2. The Balaban J connectivity index is 2.22. The summed E-state index contributed by atoms with van der Waals surface area (Å²) in [6.45, 7) is 8.44. The molecule has 2 aromatic rings. The van der Waals surface area contributed by atoms with Crippen LogP contribution >= 0.6 is 0 Å². The van der Waals surface area contributed by atoms with Gasteiger partial charge in [-0.15, -0.1) is 0 Å². The smallest absolute Gasteiger partial charge is 0.310 e. The SMILES string of the molecule is Cc1ccc(C[C@H](CC(=O)[C@H](C)NS(=O)(=O)c2ccccc2[N+](=O)[O-])C(=O)OC(C)(C)C)cc1. The molecule has 0 aliphatic rings. The molecule has 2 rings (SSSR count). The van der Waals surface area contributed by atoms with Crippen LogP contribution in [-0.2, 0) is 30.8 Å². The number of rotatable bonds is 10. The fraction of sp³-hybridized carbons (Fsp3) is 0.417. The Morgan fingerprint density at radius 1 is 1.09 bits per heavy atom. The molecule has 34 heavy (non-hydrogen) atoms. The molecule has 2 aromatic carbocycles. The maximum atomic E-state index is 12.9. The average molecular weight is 491 g/mol. The summed E-state index contributed by atoms with van der Waals surface area (Å²) in [5.41, 5.74) is 0.528. The van der Waals surface area contributed by atoms with Crippen molar-refractivity contribution in [1.29, 1.82) is 0 Å². The summed E-state index contributed by atoms with van der Waals surface area (Å²) in [4.78, 5) is 35.6. The minimum Gasteiger partial charge on any atom is -0.460 e. The Hall–Kier alpha value is -3.11. The zero-order valence-corrected chi connectivity index (χ0v) is 20.7. The normalized spacial score (nSPS) is 13.7. The van der Waals surface area contributed by atoms with Crippen molar-refractivity contribution < 1.29 is 27.7 Å². The highest BCUT2D eigenvalue weighted by molar-refractivity contribution is 7.89. The minimum atomic E-state index is -4.36. The lowest BCUT2D eigenvalue weighted by Crippen LogP contribution is -2.40. The molecular weight excluding hydrogens is 460 g/mol. The lowest BCUT2D eigenvalue weighted by Gasteiger charge is -2.24. The van der Waals surface area contributed by atoms with Crippen molar-refractivity contribution >= 4 is 27.5 Å². The Bertz CT molecular complexity index is 1150. The van der Waals surface area contributed by atoms with Gasteiger partial charge in [0.2, 0.25) is 10.0 Å². The van der Waals surface area contributed by atoms with Crippen molar-refractivity contribution in [2.45, 2.75) is 64.0 Å². The Morgan fingerprint density at radius 2 is 1.68 bits per heavy atom. The molecule has 10 heteroatoms. The van der Waals surface area contributed by atoms with Crippen LogP contribution in [0.15, 0.2) is 53.4 Å². The summed E-state index contributed by atoms with van der Waals surface area (Å²) in [5, 5.41) is 11.2. The number of nitrogens with one attached hydrogen (secondary N) is 1. The molecular formula is C24H30N2O7S. The summed E-state index contributed by atoms with van der Waals surface area (Å²) in [6, 6.07) is 11.2. The first-order valence-electron chi connectivity index (χ1n) is 10.8. The van der Waals surface area contributed by atoms with Crippen LogP contribution in [0, 0.1) is 23.0 Å². The van der Waals surface area contributed by atoms with E-state index in [4.69, 9.17) is 4.74 Å². The standard InChI is InChI=1S/C24H30N2O7S/c1-16-10-12-18(13-11-16)14-19(23(28)33-24(3,4)5)15-21(27)17(2)25-34(31,32)22-9-7-6-8-20(22)26(29)30/h6-13,17,19,25H,14-15H2,1-5H3/t17-,19+/m0/s1. The third kappa shape index (κ3) is 7.74. The summed E-state index contributed by atoms with van der Waals surface area (Å²) >= 11 is 0. The maximum absolute atomic E-state index is 12.9. The van der Waals surface area contributed by atoms with Gasteiger partial charge < -0.3 is 4.74 Å². The molecule has 0 radical (unpaired) electrons. The molecule has 2 atom stereocenters. The Morgan fingerprint density at radius 3 is 2.24 bits per heavy atom. The fourth-order valence-corrected chi connectivity index (χ4v) is 4.65. The number of ether oxygens (including phenoxy) is 1. The number of hydrogen-bond acceptors (Lipinski definition) is 7. The first-order chi connectivity index (χ1) is 15.7. The topological polar surface area (TPSA) is 133 Å². The van der Waals surface area contributed by atoms with E-state index >= 15 is 0 Å². The molecule has 0 aliphatic heterocycles. The van der Waals surface area contributed by atoms with Crippen LogP contribution in [0.3, 0.4) is 0 Å². The fourth-order valence-electron chi connectivity index (χ4n) is 3.25. The number of carbonyl (C=O) groups excluding carboxylic acids is 2. The molecule has 0 heterocycles. The quantitative estimate of drug-likeness (QED) is 0.305. The number of ketones is 1. The predicted molar refractivity (Wildman–Crippen MR) is 127 cm³/mol. The second-order valence-electron chi connectivity index (χ2n) is 9.16. The van der Waals surface area contributed by atoms with E-state index in [2.05, 4.69) is 4.72 Å². The third-order valence-electron chi connectivity index (χ3n) is 4.96. The third-order valence-corrected chi connectivity index (χ3v) is 6.54. The number of nitro benzene ring substituents is 1. The molecule has 0 saturated heterocycles. The molecule has 9 nitrogen and oxygen atoms in total. The van der Waals surface area contributed by atoms with Crippen LogP contribution in [-0.4, -0.2) is 36.7 Å². The lowest BCUT2D eigenvalue weighted by molar-refractivity contribution is -0.387. The number of para-hydroxylation sites is 1. The van der Waals surface area contributed by atoms with Gasteiger partial charge in [-0.1, -0.05) is 42.0 Å². The maximum Gasteiger partial charge on any atom is 0.310 e. The highest BCUT2D eigenvalue weighted by Crippen LogP contribution is 2.24. The number of carbonyl (C=O) groups is 2. The first kappa shape index (κ1) is 27.1. The van der Waals surface area contributed by atoms with Gasteiger partial charge >= 0.3 is 5.97 Å². The number of nitrogens with zero attached hydrogens (tertiary/aromatic N) is 1. The van der Waals surface area contributed by atoms with Crippen LogP contribution in [0.2, 0.25) is 0 Å². The lowest BCUT2D eigenvalue weighted by atomic mass is 9.92.